The van der Waals surface area contributed by atoms with Crippen molar-refractivity contribution >= 4 is 45.9 Å². The largest absolute Gasteiger partial charge is 0.333 e. The minimum absolute atomic E-state index is 0.00486. The molecule has 31 heavy (non-hydrogen) atoms. The second-order valence-electron chi connectivity index (χ2n) is 6.97. The van der Waals surface area contributed by atoms with Gasteiger partial charge >= 0.3 is 0 Å². The molecule has 0 amide bonds. The van der Waals surface area contributed by atoms with Gasteiger partial charge in [-0.3, -0.25) is 15.2 Å². The molecule has 9 heteroatoms. The first-order valence-corrected chi connectivity index (χ1v) is 9.94. The Balaban J connectivity index is 1.56. The fourth-order valence-electron chi connectivity index (χ4n) is 3.70. The summed E-state index contributed by atoms with van der Waals surface area (Å²) in [6.07, 6.45) is 1.54. The minimum atomic E-state index is -0.436. The first-order chi connectivity index (χ1) is 15.1. The van der Waals surface area contributed by atoms with Crippen molar-refractivity contribution in [1.82, 2.24) is 19.4 Å². The van der Waals surface area contributed by atoms with Gasteiger partial charge in [0.15, 0.2) is 5.82 Å². The predicted molar refractivity (Wildman–Crippen MR) is 122 cm³/mol. The van der Waals surface area contributed by atoms with Crippen LogP contribution in [0.3, 0.4) is 0 Å². The number of nitro benzene ring substituents is 1. The Bertz CT molecular complexity index is 1470. The van der Waals surface area contributed by atoms with Crippen LogP contribution in [-0.2, 0) is 6.54 Å². The summed E-state index contributed by atoms with van der Waals surface area (Å²) in [5, 5.41) is 24.9. The lowest BCUT2D eigenvalue weighted by Gasteiger charge is -2.07. The number of aromatic amines is 1. The summed E-state index contributed by atoms with van der Waals surface area (Å²) < 4.78 is 4.06. The molecule has 0 aliphatic rings. The third-order valence-corrected chi connectivity index (χ3v) is 5.36. The molecule has 2 heterocycles. The molecule has 0 fully saturated rings. The van der Waals surface area contributed by atoms with Crippen molar-refractivity contribution in [2.75, 3.05) is 0 Å². The summed E-state index contributed by atoms with van der Waals surface area (Å²) in [6.45, 7) is 0.452. The highest BCUT2D eigenvalue weighted by molar-refractivity contribution is 7.71. The summed E-state index contributed by atoms with van der Waals surface area (Å²) in [7, 11) is 0. The van der Waals surface area contributed by atoms with Gasteiger partial charge in [-0.2, -0.15) is 14.9 Å². The van der Waals surface area contributed by atoms with Gasteiger partial charge in [-0.05, 0) is 24.4 Å². The first kappa shape index (κ1) is 18.9. The van der Waals surface area contributed by atoms with Crippen LogP contribution in [0.1, 0.15) is 11.4 Å². The third kappa shape index (κ3) is 3.40. The molecule has 0 radical (unpaired) electrons. The molecular formula is C22H16N6O2S. The van der Waals surface area contributed by atoms with Gasteiger partial charge < -0.3 is 4.57 Å². The van der Waals surface area contributed by atoms with Gasteiger partial charge in [0.25, 0.3) is 5.69 Å². The molecule has 0 spiro atoms. The summed E-state index contributed by atoms with van der Waals surface area (Å²) in [5.74, 6) is 0.623. The van der Waals surface area contributed by atoms with E-state index < -0.39 is 4.92 Å². The van der Waals surface area contributed by atoms with E-state index in [0.29, 0.717) is 22.7 Å². The predicted octanol–water partition coefficient (Wildman–Crippen LogP) is 4.89. The Morgan fingerprint density at radius 2 is 1.71 bits per heavy atom. The molecule has 8 nitrogen and oxygen atoms in total. The van der Waals surface area contributed by atoms with Gasteiger partial charge in [0.1, 0.15) is 0 Å². The zero-order chi connectivity index (χ0) is 21.4. The Labute approximate surface area is 181 Å². The molecular weight excluding hydrogens is 412 g/mol. The molecule has 0 aliphatic carbocycles. The SMILES string of the molecule is O=[N+]([O-])c1cccc(/C=N/n2c(Cn3c4ccccc4c4ccccc43)n[nH]c2=S)c1. The number of hydrogen-bond acceptors (Lipinski definition) is 5. The number of H-pyrrole nitrogens is 1. The van der Waals surface area contributed by atoms with Crippen molar-refractivity contribution < 1.29 is 4.92 Å². The number of non-ortho nitro benzene ring substituents is 1. The van der Waals surface area contributed by atoms with Crippen LogP contribution >= 0.6 is 12.2 Å². The van der Waals surface area contributed by atoms with Crippen LogP contribution < -0.4 is 0 Å². The molecule has 0 bridgehead atoms. The van der Waals surface area contributed by atoms with E-state index in [1.54, 1.807) is 12.1 Å². The van der Waals surface area contributed by atoms with E-state index in [4.69, 9.17) is 12.2 Å². The average molecular weight is 428 g/mol. The summed E-state index contributed by atoms with van der Waals surface area (Å²) in [4.78, 5) is 10.6. The molecule has 0 saturated carbocycles. The second kappa shape index (κ2) is 7.62. The quantitative estimate of drug-likeness (QED) is 0.187. The van der Waals surface area contributed by atoms with Gasteiger partial charge in [0.2, 0.25) is 4.77 Å². The van der Waals surface area contributed by atoms with Crippen LogP contribution in [0.15, 0.2) is 77.9 Å². The summed E-state index contributed by atoms with van der Waals surface area (Å²) in [5.41, 5.74) is 2.78. The van der Waals surface area contributed by atoms with Crippen molar-refractivity contribution in [3.8, 4) is 0 Å². The maximum atomic E-state index is 11.0. The lowest BCUT2D eigenvalue weighted by Crippen LogP contribution is -2.06. The number of nitrogens with zero attached hydrogens (tertiary/aromatic N) is 5. The van der Waals surface area contributed by atoms with Crippen LogP contribution in [0.4, 0.5) is 5.69 Å². The van der Waals surface area contributed by atoms with Gasteiger partial charge in [-0.25, -0.2) is 0 Å². The fraction of sp³-hybridized carbons (Fsp3) is 0.0455. The molecule has 5 rings (SSSR count). The van der Waals surface area contributed by atoms with Crippen molar-refractivity contribution in [3.63, 3.8) is 0 Å². The number of nitrogens with one attached hydrogen (secondary N) is 1. The Morgan fingerprint density at radius 1 is 1.03 bits per heavy atom. The topological polar surface area (TPSA) is 94.0 Å². The molecule has 1 N–H and O–H groups in total. The highest BCUT2D eigenvalue weighted by atomic mass is 32.1. The second-order valence-corrected chi connectivity index (χ2v) is 7.36. The van der Waals surface area contributed by atoms with E-state index >= 15 is 0 Å². The van der Waals surface area contributed by atoms with Crippen molar-refractivity contribution in [2.24, 2.45) is 5.10 Å². The van der Waals surface area contributed by atoms with E-state index in [2.05, 4.69) is 44.1 Å². The van der Waals surface area contributed by atoms with E-state index in [1.807, 2.05) is 24.3 Å². The smallest absolute Gasteiger partial charge is 0.270 e. The van der Waals surface area contributed by atoms with E-state index in [1.165, 1.54) is 33.8 Å². The van der Waals surface area contributed by atoms with Crippen LogP contribution in [0, 0.1) is 14.9 Å². The number of hydrogen-bond donors (Lipinski definition) is 1. The Hall–Kier alpha value is -4.11. The molecule has 2 aromatic heterocycles. The fourth-order valence-corrected chi connectivity index (χ4v) is 3.90. The number of benzene rings is 3. The van der Waals surface area contributed by atoms with E-state index in [0.717, 1.165) is 11.0 Å². The lowest BCUT2D eigenvalue weighted by molar-refractivity contribution is -0.384. The van der Waals surface area contributed by atoms with E-state index in [-0.39, 0.29) is 5.69 Å². The molecule has 3 aromatic carbocycles. The van der Waals surface area contributed by atoms with Crippen molar-refractivity contribution in [2.45, 2.75) is 6.54 Å². The highest BCUT2D eigenvalue weighted by Gasteiger charge is 2.13. The normalized spacial score (nSPS) is 11.6. The zero-order valence-electron chi connectivity index (χ0n) is 16.2. The maximum absolute atomic E-state index is 11.0. The summed E-state index contributed by atoms with van der Waals surface area (Å²) >= 11 is 5.36. The van der Waals surface area contributed by atoms with Crippen LogP contribution in [0.25, 0.3) is 21.8 Å². The monoisotopic (exact) mass is 428 g/mol. The lowest BCUT2D eigenvalue weighted by atomic mass is 10.2. The maximum Gasteiger partial charge on any atom is 0.270 e. The van der Waals surface area contributed by atoms with E-state index in [9.17, 15) is 10.1 Å². The molecule has 0 saturated heterocycles. The van der Waals surface area contributed by atoms with Crippen molar-refractivity contribution in [1.29, 1.82) is 0 Å². The minimum Gasteiger partial charge on any atom is -0.333 e. The van der Waals surface area contributed by atoms with Crippen LogP contribution in [-0.4, -0.2) is 30.6 Å². The third-order valence-electron chi connectivity index (χ3n) is 5.10. The molecule has 0 atom stereocenters. The Morgan fingerprint density at radius 3 is 2.39 bits per heavy atom. The Kier molecular flexibility index (Phi) is 4.64. The van der Waals surface area contributed by atoms with Crippen LogP contribution in [0.2, 0.25) is 0 Å². The number of rotatable bonds is 5. The van der Waals surface area contributed by atoms with Crippen LogP contribution in [0.5, 0.6) is 0 Å². The standard InChI is InChI=1S/C22H16N6O2S/c29-28(30)16-7-5-6-15(12-16)13-23-27-21(24-25-22(27)31)14-26-19-10-3-1-8-17(19)18-9-2-4-11-20(18)26/h1-13H,14H2,(H,25,31)/b23-13+. The van der Waals surface area contributed by atoms with Gasteiger partial charge in [-0.1, -0.05) is 48.5 Å². The van der Waals surface area contributed by atoms with Gasteiger partial charge in [-0.15, -0.1) is 0 Å². The molecule has 0 aliphatic heterocycles. The average Bonchev–Trinajstić information content (AvgIpc) is 3.31. The number of fused-ring (bicyclic) bond motifs is 3. The highest BCUT2D eigenvalue weighted by Crippen LogP contribution is 2.29. The zero-order valence-corrected chi connectivity index (χ0v) is 17.0. The summed E-state index contributed by atoms with van der Waals surface area (Å²) in [6, 6.07) is 22.7. The first-order valence-electron chi connectivity index (χ1n) is 9.53. The molecule has 5 aromatic rings. The van der Waals surface area contributed by atoms with Gasteiger partial charge in [0.05, 0.1) is 17.7 Å². The number of aromatic nitrogens is 4. The van der Waals surface area contributed by atoms with Gasteiger partial charge in [0, 0.05) is 39.5 Å². The molecule has 152 valence electrons. The van der Waals surface area contributed by atoms with Crippen molar-refractivity contribution in [3.05, 3.63) is 99.1 Å². The molecule has 0 unspecified atom stereocenters. The number of nitro groups is 1. The number of para-hydroxylation sites is 2.